The van der Waals surface area contributed by atoms with Crippen LogP contribution in [0.2, 0.25) is 0 Å². The molecule has 4 nitrogen and oxygen atoms in total. The maximum Gasteiger partial charge on any atom is 0.317 e. The Bertz CT molecular complexity index is 183. The molecule has 0 radical (unpaired) electrons. The molecule has 1 N–H and O–H groups in total. The van der Waals surface area contributed by atoms with E-state index in [-0.39, 0.29) is 6.03 Å². The van der Waals surface area contributed by atoms with E-state index < -0.39 is 0 Å². The molecule has 90 valence electrons. The summed E-state index contributed by atoms with van der Waals surface area (Å²) in [5, 5.41) is 2.99. The van der Waals surface area contributed by atoms with Gasteiger partial charge in [0.1, 0.15) is 0 Å². The van der Waals surface area contributed by atoms with Crippen LogP contribution in [0.25, 0.3) is 0 Å². The third-order valence-electron chi connectivity index (χ3n) is 2.36. The first-order valence-corrected chi connectivity index (χ1v) is 5.76. The standard InChI is InChI=1S/C9H19N3O.C2H6/c1-11(2)9(13)10-8-5-4-6-12(3)7-8;1-2/h8H,4-7H2,1-3H3,(H,10,13);1-2H3. The second-order valence-electron chi connectivity index (χ2n) is 3.95. The molecule has 1 saturated heterocycles. The van der Waals surface area contributed by atoms with E-state index in [1.807, 2.05) is 13.8 Å². The summed E-state index contributed by atoms with van der Waals surface area (Å²) in [5.74, 6) is 0. The molecule has 1 fully saturated rings. The molecule has 0 aliphatic carbocycles. The number of rotatable bonds is 1. The van der Waals surface area contributed by atoms with E-state index in [0.717, 1.165) is 19.5 Å². The van der Waals surface area contributed by atoms with Crippen LogP contribution in [0.3, 0.4) is 0 Å². The van der Waals surface area contributed by atoms with Crippen molar-refractivity contribution in [3.8, 4) is 0 Å². The number of amides is 2. The molecule has 0 saturated carbocycles. The summed E-state index contributed by atoms with van der Waals surface area (Å²) < 4.78 is 0. The van der Waals surface area contributed by atoms with E-state index in [0.29, 0.717) is 6.04 Å². The monoisotopic (exact) mass is 215 g/mol. The minimum atomic E-state index is 0.0142. The molecular formula is C11H25N3O. The molecule has 0 spiro atoms. The number of nitrogens with one attached hydrogen (secondary N) is 1. The van der Waals surface area contributed by atoms with Crippen molar-refractivity contribution >= 4 is 6.03 Å². The van der Waals surface area contributed by atoms with Gasteiger partial charge in [0.15, 0.2) is 0 Å². The van der Waals surface area contributed by atoms with Crippen molar-refractivity contribution < 1.29 is 4.79 Å². The van der Waals surface area contributed by atoms with E-state index in [4.69, 9.17) is 0 Å². The minimum Gasteiger partial charge on any atom is -0.334 e. The Morgan fingerprint density at radius 1 is 1.40 bits per heavy atom. The smallest absolute Gasteiger partial charge is 0.317 e. The molecule has 0 bridgehead atoms. The molecule has 0 aromatic carbocycles. The first-order valence-electron chi connectivity index (χ1n) is 5.76. The summed E-state index contributed by atoms with van der Waals surface area (Å²) in [5.41, 5.74) is 0. The molecule has 1 aliphatic rings. The second kappa shape index (κ2) is 7.51. The molecule has 1 unspecified atom stereocenters. The molecule has 15 heavy (non-hydrogen) atoms. The number of likely N-dealkylation sites (N-methyl/N-ethyl adjacent to an activating group) is 1. The predicted molar refractivity (Wildman–Crippen MR) is 64.1 cm³/mol. The molecule has 1 heterocycles. The Labute approximate surface area is 93.6 Å². The fourth-order valence-corrected chi connectivity index (χ4v) is 1.59. The maximum atomic E-state index is 11.3. The Morgan fingerprint density at radius 3 is 2.47 bits per heavy atom. The van der Waals surface area contributed by atoms with Crippen molar-refractivity contribution in [2.45, 2.75) is 32.7 Å². The van der Waals surface area contributed by atoms with E-state index >= 15 is 0 Å². The lowest BCUT2D eigenvalue weighted by atomic mass is 10.1. The van der Waals surface area contributed by atoms with Gasteiger partial charge in [-0.3, -0.25) is 0 Å². The lowest BCUT2D eigenvalue weighted by Crippen LogP contribution is -2.49. The van der Waals surface area contributed by atoms with Gasteiger partial charge < -0.3 is 15.1 Å². The molecule has 0 aromatic rings. The lowest BCUT2D eigenvalue weighted by molar-refractivity contribution is 0.192. The first-order chi connectivity index (χ1) is 7.09. The van der Waals surface area contributed by atoms with Crippen LogP contribution < -0.4 is 5.32 Å². The molecule has 0 aromatic heterocycles. The van der Waals surface area contributed by atoms with Crippen molar-refractivity contribution in [3.63, 3.8) is 0 Å². The zero-order valence-corrected chi connectivity index (χ0v) is 10.7. The largest absolute Gasteiger partial charge is 0.334 e. The Hall–Kier alpha value is -0.770. The summed E-state index contributed by atoms with van der Waals surface area (Å²) in [6, 6.07) is 0.342. The predicted octanol–water partition coefficient (Wildman–Crippen LogP) is 1.38. The number of likely N-dealkylation sites (tertiary alicyclic amines) is 1. The highest BCUT2D eigenvalue weighted by Gasteiger charge is 2.19. The Kier molecular flexibility index (Phi) is 7.13. The Balaban J connectivity index is 0.000000921. The van der Waals surface area contributed by atoms with Crippen molar-refractivity contribution in [1.82, 2.24) is 15.1 Å². The van der Waals surface area contributed by atoms with E-state index in [1.165, 1.54) is 6.42 Å². The van der Waals surface area contributed by atoms with Crippen molar-refractivity contribution in [2.75, 3.05) is 34.2 Å². The average Bonchev–Trinajstić information content (AvgIpc) is 2.20. The molecule has 2 amide bonds. The summed E-state index contributed by atoms with van der Waals surface area (Å²) in [7, 11) is 5.62. The van der Waals surface area contributed by atoms with E-state index in [2.05, 4.69) is 17.3 Å². The van der Waals surface area contributed by atoms with Crippen LogP contribution >= 0.6 is 0 Å². The number of urea groups is 1. The molecule has 1 atom stereocenters. The van der Waals surface area contributed by atoms with Crippen LogP contribution in [0.1, 0.15) is 26.7 Å². The molecule has 1 aliphatic heterocycles. The maximum absolute atomic E-state index is 11.3. The number of nitrogens with zero attached hydrogens (tertiary/aromatic N) is 2. The van der Waals surface area contributed by atoms with Gasteiger partial charge in [-0.25, -0.2) is 4.79 Å². The quantitative estimate of drug-likeness (QED) is 0.717. The van der Waals surface area contributed by atoms with Gasteiger partial charge in [-0.2, -0.15) is 0 Å². The van der Waals surface area contributed by atoms with E-state index in [9.17, 15) is 4.79 Å². The third kappa shape index (κ3) is 5.62. The SMILES string of the molecule is CC.CN1CCCC(NC(=O)N(C)C)C1. The third-order valence-corrected chi connectivity index (χ3v) is 2.36. The second-order valence-corrected chi connectivity index (χ2v) is 3.95. The van der Waals surface area contributed by atoms with Crippen LogP contribution in [0.5, 0.6) is 0 Å². The zero-order valence-electron chi connectivity index (χ0n) is 10.7. The molecular weight excluding hydrogens is 190 g/mol. The number of piperidine rings is 1. The van der Waals surface area contributed by atoms with Gasteiger partial charge in [0, 0.05) is 26.7 Å². The summed E-state index contributed by atoms with van der Waals surface area (Å²) in [6.45, 7) is 6.12. The van der Waals surface area contributed by atoms with E-state index in [1.54, 1.807) is 19.0 Å². The van der Waals surface area contributed by atoms with Crippen LogP contribution in [-0.4, -0.2) is 56.1 Å². The van der Waals surface area contributed by atoms with Gasteiger partial charge in [-0.15, -0.1) is 0 Å². The lowest BCUT2D eigenvalue weighted by Gasteiger charge is -2.30. The highest BCUT2D eigenvalue weighted by Crippen LogP contribution is 2.07. The average molecular weight is 215 g/mol. The topological polar surface area (TPSA) is 35.6 Å². The number of hydrogen-bond donors (Lipinski definition) is 1. The van der Waals surface area contributed by atoms with Crippen molar-refractivity contribution in [2.24, 2.45) is 0 Å². The first kappa shape index (κ1) is 14.2. The normalized spacial score (nSPS) is 21.3. The molecule has 1 rings (SSSR count). The van der Waals surface area contributed by atoms with Gasteiger partial charge in [0.2, 0.25) is 0 Å². The Morgan fingerprint density at radius 2 is 2.00 bits per heavy atom. The van der Waals surface area contributed by atoms with Crippen molar-refractivity contribution in [3.05, 3.63) is 0 Å². The van der Waals surface area contributed by atoms with Crippen LogP contribution in [0, 0.1) is 0 Å². The van der Waals surface area contributed by atoms with Gasteiger partial charge in [0.05, 0.1) is 0 Å². The minimum absolute atomic E-state index is 0.0142. The molecule has 4 heteroatoms. The van der Waals surface area contributed by atoms with Crippen LogP contribution in [0.4, 0.5) is 4.79 Å². The highest BCUT2D eigenvalue weighted by atomic mass is 16.2. The van der Waals surface area contributed by atoms with Crippen molar-refractivity contribution in [1.29, 1.82) is 0 Å². The number of carbonyl (C=O) groups is 1. The fourth-order valence-electron chi connectivity index (χ4n) is 1.59. The van der Waals surface area contributed by atoms with Gasteiger partial charge in [-0.1, -0.05) is 13.8 Å². The summed E-state index contributed by atoms with van der Waals surface area (Å²) in [6.07, 6.45) is 2.28. The van der Waals surface area contributed by atoms with Crippen LogP contribution in [-0.2, 0) is 0 Å². The summed E-state index contributed by atoms with van der Waals surface area (Å²) >= 11 is 0. The number of hydrogen-bond acceptors (Lipinski definition) is 2. The summed E-state index contributed by atoms with van der Waals surface area (Å²) in [4.78, 5) is 15.1. The highest BCUT2D eigenvalue weighted by molar-refractivity contribution is 5.73. The number of carbonyl (C=O) groups excluding carboxylic acids is 1. The van der Waals surface area contributed by atoms with Gasteiger partial charge in [0.25, 0.3) is 0 Å². The van der Waals surface area contributed by atoms with Gasteiger partial charge in [-0.05, 0) is 26.4 Å². The van der Waals surface area contributed by atoms with Gasteiger partial charge >= 0.3 is 6.03 Å². The van der Waals surface area contributed by atoms with Crippen LogP contribution in [0.15, 0.2) is 0 Å². The fraction of sp³-hybridized carbons (Fsp3) is 0.909. The zero-order chi connectivity index (χ0) is 11.8.